The van der Waals surface area contributed by atoms with Gasteiger partial charge in [0, 0.05) is 13.1 Å². The minimum absolute atomic E-state index is 0.767. The summed E-state index contributed by atoms with van der Waals surface area (Å²) in [6.45, 7) is 6.09. The first kappa shape index (κ1) is 11.9. The summed E-state index contributed by atoms with van der Waals surface area (Å²) in [6.07, 6.45) is 1.72. The third-order valence-corrected chi connectivity index (χ3v) is 3.67. The number of hydrogen-bond acceptors (Lipinski definition) is 4. The Bertz CT molecular complexity index is 493. The van der Waals surface area contributed by atoms with E-state index in [0.29, 0.717) is 0 Å². The molecule has 0 radical (unpaired) electrons. The average Bonchev–Trinajstić information content (AvgIpc) is 2.75. The van der Waals surface area contributed by atoms with Crippen LogP contribution < -0.4 is 10.6 Å². The number of benzene rings is 1. The normalized spacial score (nSPS) is 10.5. The number of aryl methyl sites for hydroxylation is 1. The summed E-state index contributed by atoms with van der Waals surface area (Å²) in [5.41, 5.74) is 8.38. The molecule has 2 rings (SSSR count). The van der Waals surface area contributed by atoms with Crippen molar-refractivity contribution in [2.45, 2.75) is 20.4 Å². The lowest BCUT2D eigenvalue weighted by atomic mass is 10.1. The van der Waals surface area contributed by atoms with Gasteiger partial charge in [-0.15, -0.1) is 0 Å². The number of nitrogens with zero attached hydrogens (tertiary/aromatic N) is 2. The molecule has 0 aliphatic rings. The average molecular weight is 247 g/mol. The van der Waals surface area contributed by atoms with E-state index in [0.717, 1.165) is 23.2 Å². The van der Waals surface area contributed by atoms with Crippen molar-refractivity contribution in [3.8, 4) is 0 Å². The molecule has 2 aromatic rings. The maximum absolute atomic E-state index is 5.72. The summed E-state index contributed by atoms with van der Waals surface area (Å²) >= 11 is 1.54. The van der Waals surface area contributed by atoms with Crippen molar-refractivity contribution in [1.29, 1.82) is 0 Å². The monoisotopic (exact) mass is 247 g/mol. The molecule has 0 spiro atoms. The second kappa shape index (κ2) is 5.19. The van der Waals surface area contributed by atoms with E-state index in [4.69, 9.17) is 5.73 Å². The standard InChI is InChI=1S/C13H17N3S/c1-3-16(13-15-8-12(14)17-13)9-11-7-5-4-6-10(11)2/h4-8H,3,9,14H2,1-2H3. The van der Waals surface area contributed by atoms with E-state index < -0.39 is 0 Å². The number of thiazole rings is 1. The number of hydrogen-bond donors (Lipinski definition) is 1. The third-order valence-electron chi connectivity index (χ3n) is 2.79. The van der Waals surface area contributed by atoms with Crippen LogP contribution in [0.5, 0.6) is 0 Å². The highest BCUT2D eigenvalue weighted by Gasteiger charge is 2.10. The number of aromatic nitrogens is 1. The van der Waals surface area contributed by atoms with E-state index in [1.54, 1.807) is 6.20 Å². The number of anilines is 2. The number of rotatable bonds is 4. The third kappa shape index (κ3) is 2.77. The molecule has 3 nitrogen and oxygen atoms in total. The maximum Gasteiger partial charge on any atom is 0.187 e. The van der Waals surface area contributed by atoms with Gasteiger partial charge >= 0.3 is 0 Å². The van der Waals surface area contributed by atoms with Crippen molar-refractivity contribution in [3.05, 3.63) is 41.6 Å². The van der Waals surface area contributed by atoms with Crippen LogP contribution in [-0.4, -0.2) is 11.5 Å². The molecule has 1 aromatic heterocycles. The SMILES string of the molecule is CCN(Cc1ccccc1C)c1ncc(N)s1. The van der Waals surface area contributed by atoms with Crippen LogP contribution in [0.4, 0.5) is 10.1 Å². The summed E-state index contributed by atoms with van der Waals surface area (Å²) in [7, 11) is 0. The van der Waals surface area contributed by atoms with Gasteiger partial charge in [0.1, 0.15) is 5.00 Å². The van der Waals surface area contributed by atoms with E-state index in [1.807, 2.05) is 0 Å². The molecule has 0 saturated heterocycles. The molecule has 0 aliphatic carbocycles. The second-order valence-electron chi connectivity index (χ2n) is 3.99. The lowest BCUT2D eigenvalue weighted by molar-refractivity contribution is 0.822. The molecule has 1 aromatic carbocycles. The maximum atomic E-state index is 5.72. The fourth-order valence-electron chi connectivity index (χ4n) is 1.73. The van der Waals surface area contributed by atoms with E-state index in [-0.39, 0.29) is 0 Å². The molecular weight excluding hydrogens is 230 g/mol. The summed E-state index contributed by atoms with van der Waals surface area (Å²) in [5, 5.41) is 1.76. The van der Waals surface area contributed by atoms with Crippen LogP contribution in [0.25, 0.3) is 0 Å². The summed E-state index contributed by atoms with van der Waals surface area (Å²) in [6, 6.07) is 8.44. The van der Waals surface area contributed by atoms with Gasteiger partial charge in [-0.25, -0.2) is 4.98 Å². The van der Waals surface area contributed by atoms with Gasteiger partial charge in [0.05, 0.1) is 6.20 Å². The first-order chi connectivity index (χ1) is 8.20. The van der Waals surface area contributed by atoms with Gasteiger partial charge in [-0.1, -0.05) is 35.6 Å². The van der Waals surface area contributed by atoms with Crippen molar-refractivity contribution in [3.63, 3.8) is 0 Å². The van der Waals surface area contributed by atoms with Gasteiger partial charge in [0.15, 0.2) is 5.13 Å². The van der Waals surface area contributed by atoms with Gasteiger partial charge in [0.2, 0.25) is 0 Å². The topological polar surface area (TPSA) is 42.2 Å². The molecule has 17 heavy (non-hydrogen) atoms. The van der Waals surface area contributed by atoms with Crippen LogP contribution in [0.1, 0.15) is 18.1 Å². The van der Waals surface area contributed by atoms with Gasteiger partial charge in [-0.2, -0.15) is 0 Å². The second-order valence-corrected chi connectivity index (χ2v) is 5.03. The van der Waals surface area contributed by atoms with Crippen LogP contribution in [0, 0.1) is 6.92 Å². The lowest BCUT2D eigenvalue weighted by Gasteiger charge is -2.20. The van der Waals surface area contributed by atoms with Crippen LogP contribution in [0.15, 0.2) is 30.5 Å². The number of nitrogens with two attached hydrogens (primary N) is 1. The predicted octanol–water partition coefficient (Wildman–Crippen LogP) is 3.06. The highest BCUT2D eigenvalue weighted by atomic mass is 32.1. The zero-order valence-electron chi connectivity index (χ0n) is 10.2. The summed E-state index contributed by atoms with van der Waals surface area (Å²) in [4.78, 5) is 6.57. The quantitative estimate of drug-likeness (QED) is 0.903. The molecular formula is C13H17N3S. The summed E-state index contributed by atoms with van der Waals surface area (Å²) < 4.78 is 0. The zero-order valence-corrected chi connectivity index (χ0v) is 11.0. The zero-order chi connectivity index (χ0) is 12.3. The molecule has 0 atom stereocenters. The van der Waals surface area contributed by atoms with Crippen molar-refractivity contribution >= 4 is 21.5 Å². The predicted molar refractivity (Wildman–Crippen MR) is 74.4 cm³/mol. The van der Waals surface area contributed by atoms with Crippen LogP contribution in [0.2, 0.25) is 0 Å². The molecule has 0 fully saturated rings. The highest BCUT2D eigenvalue weighted by molar-refractivity contribution is 7.19. The molecule has 0 aliphatic heterocycles. The first-order valence-corrected chi connectivity index (χ1v) is 6.53. The van der Waals surface area contributed by atoms with Gasteiger partial charge in [0.25, 0.3) is 0 Å². The molecule has 0 saturated carbocycles. The van der Waals surface area contributed by atoms with Crippen molar-refractivity contribution in [2.24, 2.45) is 0 Å². The Balaban J connectivity index is 2.18. The van der Waals surface area contributed by atoms with E-state index in [1.165, 1.54) is 22.5 Å². The van der Waals surface area contributed by atoms with Crippen molar-refractivity contribution < 1.29 is 0 Å². The van der Waals surface area contributed by atoms with Gasteiger partial charge in [-0.05, 0) is 25.0 Å². The lowest BCUT2D eigenvalue weighted by Crippen LogP contribution is -2.22. The summed E-state index contributed by atoms with van der Waals surface area (Å²) in [5.74, 6) is 0. The molecule has 4 heteroatoms. The van der Waals surface area contributed by atoms with E-state index in [9.17, 15) is 0 Å². The van der Waals surface area contributed by atoms with Gasteiger partial charge in [-0.3, -0.25) is 0 Å². The fraction of sp³-hybridized carbons (Fsp3) is 0.308. The van der Waals surface area contributed by atoms with Crippen LogP contribution in [-0.2, 0) is 6.54 Å². The molecule has 90 valence electrons. The fourth-order valence-corrected chi connectivity index (χ4v) is 2.48. The van der Waals surface area contributed by atoms with Crippen LogP contribution >= 0.6 is 11.3 Å². The Morgan fingerprint density at radius 2 is 2.12 bits per heavy atom. The molecule has 1 heterocycles. The first-order valence-electron chi connectivity index (χ1n) is 5.71. The molecule has 0 unspecified atom stereocenters. The van der Waals surface area contributed by atoms with Gasteiger partial charge < -0.3 is 10.6 Å². The van der Waals surface area contributed by atoms with Crippen molar-refractivity contribution in [2.75, 3.05) is 17.2 Å². The van der Waals surface area contributed by atoms with Crippen LogP contribution in [0.3, 0.4) is 0 Å². The smallest absolute Gasteiger partial charge is 0.187 e. The minimum Gasteiger partial charge on any atom is -0.389 e. The Morgan fingerprint density at radius 1 is 1.35 bits per heavy atom. The Morgan fingerprint density at radius 3 is 2.71 bits per heavy atom. The number of nitrogen functional groups attached to an aromatic ring is 1. The van der Waals surface area contributed by atoms with E-state index >= 15 is 0 Å². The Labute approximate surface area is 106 Å². The minimum atomic E-state index is 0.767. The highest BCUT2D eigenvalue weighted by Crippen LogP contribution is 2.25. The molecule has 0 bridgehead atoms. The molecule has 0 amide bonds. The van der Waals surface area contributed by atoms with E-state index in [2.05, 4.69) is 48.0 Å². The largest absolute Gasteiger partial charge is 0.389 e. The Kier molecular flexibility index (Phi) is 3.64. The molecule has 2 N–H and O–H groups in total. The Hall–Kier alpha value is -1.55. The van der Waals surface area contributed by atoms with Crippen molar-refractivity contribution in [1.82, 2.24) is 4.98 Å².